The van der Waals surface area contributed by atoms with Gasteiger partial charge in [-0.25, -0.2) is 4.79 Å². The van der Waals surface area contributed by atoms with Gasteiger partial charge < -0.3 is 19.5 Å². The van der Waals surface area contributed by atoms with Crippen molar-refractivity contribution >= 4 is 17.7 Å². The monoisotopic (exact) mass is 273 g/mol. The van der Waals surface area contributed by atoms with Crippen molar-refractivity contribution < 1.29 is 19.4 Å². The van der Waals surface area contributed by atoms with Crippen molar-refractivity contribution in [2.75, 3.05) is 33.4 Å². The maximum Gasteiger partial charge on any atom is 0.409 e. The number of rotatable bonds is 6. The van der Waals surface area contributed by atoms with Crippen LogP contribution in [0.3, 0.4) is 0 Å². The first-order valence-corrected chi connectivity index (χ1v) is 5.88. The van der Waals surface area contributed by atoms with Crippen molar-refractivity contribution in [2.24, 2.45) is 0 Å². The van der Waals surface area contributed by atoms with Crippen LogP contribution in [0, 0.1) is 0 Å². The summed E-state index contributed by atoms with van der Waals surface area (Å²) in [6.07, 6.45) is -0.483. The molecule has 0 saturated carbocycles. The Balaban J connectivity index is 2.24. The Labute approximate surface area is 111 Å². The van der Waals surface area contributed by atoms with Gasteiger partial charge in [0.05, 0.1) is 13.2 Å². The summed E-state index contributed by atoms with van der Waals surface area (Å²) in [5, 5.41) is 9.16. The first-order valence-electron chi connectivity index (χ1n) is 5.50. The highest BCUT2D eigenvalue weighted by atomic mass is 35.5. The lowest BCUT2D eigenvalue weighted by molar-refractivity contribution is 0.0872. The van der Waals surface area contributed by atoms with Crippen molar-refractivity contribution in [3.63, 3.8) is 0 Å². The van der Waals surface area contributed by atoms with Crippen LogP contribution >= 0.6 is 11.6 Å². The van der Waals surface area contributed by atoms with Crippen LogP contribution in [0.5, 0.6) is 5.75 Å². The summed E-state index contributed by atoms with van der Waals surface area (Å²) in [5.74, 6) is 0.691. The molecule has 0 aliphatic carbocycles. The summed E-state index contributed by atoms with van der Waals surface area (Å²) in [4.78, 5) is 12.7. The van der Waals surface area contributed by atoms with Gasteiger partial charge in [-0.1, -0.05) is 11.6 Å². The molecule has 0 atom stereocenters. The molecule has 1 aromatic rings. The number of benzene rings is 1. The molecular weight excluding hydrogens is 258 g/mol. The highest BCUT2D eigenvalue weighted by molar-refractivity contribution is 6.30. The van der Waals surface area contributed by atoms with Gasteiger partial charge in [-0.05, 0) is 24.3 Å². The smallest absolute Gasteiger partial charge is 0.409 e. The fourth-order valence-corrected chi connectivity index (χ4v) is 1.29. The van der Waals surface area contributed by atoms with Crippen LogP contribution in [-0.2, 0) is 4.74 Å². The Morgan fingerprint density at radius 2 is 2.00 bits per heavy atom. The quantitative estimate of drug-likeness (QED) is 0.858. The number of amides is 1. The van der Waals surface area contributed by atoms with Crippen LogP contribution in [0.2, 0.25) is 5.02 Å². The lowest BCUT2D eigenvalue weighted by Gasteiger charge is -2.16. The third kappa shape index (κ3) is 5.25. The van der Waals surface area contributed by atoms with Crippen molar-refractivity contribution in [3.8, 4) is 5.75 Å². The predicted molar refractivity (Wildman–Crippen MR) is 68.0 cm³/mol. The summed E-state index contributed by atoms with van der Waals surface area (Å²) in [6, 6.07) is 6.98. The van der Waals surface area contributed by atoms with Crippen molar-refractivity contribution in [2.45, 2.75) is 0 Å². The van der Waals surface area contributed by atoms with Gasteiger partial charge in [0.25, 0.3) is 0 Å². The maximum absolute atomic E-state index is 11.3. The molecule has 6 heteroatoms. The van der Waals surface area contributed by atoms with Gasteiger partial charge in [0, 0.05) is 12.1 Å². The van der Waals surface area contributed by atoms with E-state index in [0.29, 0.717) is 23.9 Å². The second kappa shape index (κ2) is 7.79. The topological polar surface area (TPSA) is 59.0 Å². The van der Waals surface area contributed by atoms with E-state index in [4.69, 9.17) is 26.2 Å². The largest absolute Gasteiger partial charge is 0.492 e. The molecule has 0 spiro atoms. The number of hydrogen-bond donors (Lipinski definition) is 1. The van der Waals surface area contributed by atoms with E-state index in [1.54, 1.807) is 31.3 Å². The second-order valence-corrected chi connectivity index (χ2v) is 4.00. The molecule has 0 fully saturated rings. The van der Waals surface area contributed by atoms with Gasteiger partial charge in [0.1, 0.15) is 19.0 Å². The van der Waals surface area contributed by atoms with Crippen LogP contribution in [0.4, 0.5) is 4.79 Å². The Hall–Kier alpha value is -1.46. The lowest BCUT2D eigenvalue weighted by atomic mass is 10.3. The first kappa shape index (κ1) is 14.6. The molecule has 1 aromatic carbocycles. The molecule has 0 aromatic heterocycles. The van der Waals surface area contributed by atoms with Gasteiger partial charge in [-0.15, -0.1) is 0 Å². The van der Waals surface area contributed by atoms with Gasteiger partial charge in [0.2, 0.25) is 0 Å². The first-order chi connectivity index (χ1) is 8.63. The van der Waals surface area contributed by atoms with E-state index in [1.807, 2.05) is 0 Å². The van der Waals surface area contributed by atoms with E-state index < -0.39 is 6.09 Å². The predicted octanol–water partition coefficient (Wildman–Crippen LogP) is 1.78. The van der Waals surface area contributed by atoms with Crippen LogP contribution in [0.1, 0.15) is 0 Å². The highest BCUT2D eigenvalue weighted by Gasteiger charge is 2.09. The molecule has 0 unspecified atom stereocenters. The Morgan fingerprint density at radius 1 is 1.33 bits per heavy atom. The zero-order chi connectivity index (χ0) is 13.4. The number of carbonyl (C=O) groups excluding carboxylic acids is 1. The number of ether oxygens (including phenoxy) is 2. The Morgan fingerprint density at radius 3 is 2.61 bits per heavy atom. The minimum atomic E-state index is -0.483. The van der Waals surface area contributed by atoms with E-state index >= 15 is 0 Å². The number of aliphatic hydroxyl groups excluding tert-OH is 1. The van der Waals surface area contributed by atoms with Crippen molar-refractivity contribution in [3.05, 3.63) is 29.3 Å². The van der Waals surface area contributed by atoms with Gasteiger partial charge in [-0.3, -0.25) is 0 Å². The van der Waals surface area contributed by atoms with Gasteiger partial charge in [-0.2, -0.15) is 0 Å². The van der Waals surface area contributed by atoms with E-state index in [9.17, 15) is 4.79 Å². The SMILES string of the molecule is CN(CCOc1ccc(Cl)cc1)C(=O)OCCO. The fraction of sp³-hybridized carbons (Fsp3) is 0.417. The van der Waals surface area contributed by atoms with E-state index in [-0.39, 0.29) is 13.2 Å². The molecule has 5 nitrogen and oxygen atoms in total. The molecule has 0 aliphatic heterocycles. The van der Waals surface area contributed by atoms with Crippen molar-refractivity contribution in [1.29, 1.82) is 0 Å². The zero-order valence-electron chi connectivity index (χ0n) is 10.1. The molecule has 1 rings (SSSR count). The molecule has 0 heterocycles. The average molecular weight is 274 g/mol. The molecule has 1 N–H and O–H groups in total. The third-order valence-electron chi connectivity index (χ3n) is 2.14. The fourth-order valence-electron chi connectivity index (χ4n) is 1.17. The van der Waals surface area contributed by atoms with Crippen LogP contribution < -0.4 is 4.74 Å². The third-order valence-corrected chi connectivity index (χ3v) is 2.39. The highest BCUT2D eigenvalue weighted by Crippen LogP contribution is 2.15. The second-order valence-electron chi connectivity index (χ2n) is 3.56. The minimum Gasteiger partial charge on any atom is -0.492 e. The molecule has 1 amide bonds. The summed E-state index contributed by atoms with van der Waals surface area (Å²) >= 11 is 5.74. The molecular formula is C12H16ClNO4. The summed E-state index contributed by atoms with van der Waals surface area (Å²) < 4.78 is 10.2. The maximum atomic E-state index is 11.3. The number of likely N-dealkylation sites (N-methyl/N-ethyl adjacent to an activating group) is 1. The lowest BCUT2D eigenvalue weighted by Crippen LogP contribution is -2.32. The number of nitrogens with zero attached hydrogens (tertiary/aromatic N) is 1. The number of carbonyl (C=O) groups is 1. The molecule has 0 saturated heterocycles. The normalized spacial score (nSPS) is 9.94. The van der Waals surface area contributed by atoms with Crippen LogP contribution in [0.15, 0.2) is 24.3 Å². The van der Waals surface area contributed by atoms with Gasteiger partial charge in [0.15, 0.2) is 0 Å². The summed E-state index contributed by atoms with van der Waals surface area (Å²) in [6.45, 7) is 0.571. The van der Waals surface area contributed by atoms with E-state index in [0.717, 1.165) is 0 Å². The van der Waals surface area contributed by atoms with Crippen molar-refractivity contribution in [1.82, 2.24) is 4.90 Å². The van der Waals surface area contributed by atoms with Gasteiger partial charge >= 0.3 is 6.09 Å². The Kier molecular flexibility index (Phi) is 6.32. The van der Waals surface area contributed by atoms with E-state index in [1.165, 1.54) is 4.90 Å². The molecule has 100 valence electrons. The van der Waals surface area contributed by atoms with Crippen LogP contribution in [0.25, 0.3) is 0 Å². The van der Waals surface area contributed by atoms with E-state index in [2.05, 4.69) is 0 Å². The molecule has 0 bridgehead atoms. The number of halogens is 1. The zero-order valence-corrected chi connectivity index (χ0v) is 10.9. The Bertz CT molecular complexity index is 369. The van der Waals surface area contributed by atoms with Crippen LogP contribution in [-0.4, -0.2) is 49.5 Å². The minimum absolute atomic E-state index is 0.00121. The molecule has 0 radical (unpaired) electrons. The molecule has 0 aliphatic rings. The summed E-state index contributed by atoms with van der Waals surface area (Å²) in [7, 11) is 1.60. The average Bonchev–Trinajstić information content (AvgIpc) is 2.38. The molecule has 18 heavy (non-hydrogen) atoms. The number of aliphatic hydroxyl groups is 1. The number of hydrogen-bond acceptors (Lipinski definition) is 4. The summed E-state index contributed by atoms with van der Waals surface area (Å²) in [5.41, 5.74) is 0. The standard InChI is InChI=1S/C12H16ClNO4/c1-14(12(16)18-9-7-15)6-8-17-11-4-2-10(13)3-5-11/h2-5,15H,6-9H2,1H3.